The van der Waals surface area contributed by atoms with E-state index in [1.807, 2.05) is 0 Å². The van der Waals surface area contributed by atoms with Crippen LogP contribution in [0.5, 0.6) is 11.5 Å². The molecule has 7 nitrogen and oxygen atoms in total. The van der Waals surface area contributed by atoms with E-state index in [1.165, 1.54) is 18.2 Å². The Kier molecular flexibility index (Phi) is 5.27. The van der Waals surface area contributed by atoms with Crippen molar-refractivity contribution >= 4 is 5.91 Å². The van der Waals surface area contributed by atoms with Crippen LogP contribution in [0.4, 0.5) is 0 Å². The molecule has 1 amide bonds. The van der Waals surface area contributed by atoms with E-state index < -0.39 is 17.1 Å². The van der Waals surface area contributed by atoms with Gasteiger partial charge < -0.3 is 24.3 Å². The standard InChI is InChI=1S/C19H21NO6/c1-12-10-16(22)18(24)19(26-12)15(13-2-4-14(21)5-3-13)11-17(23)20-6-8-25-9-7-20/h2-5,10,15,21,24H,6-9,11H2,1H3/t15-/m1/s1. The van der Waals surface area contributed by atoms with Gasteiger partial charge in [-0.15, -0.1) is 0 Å². The molecule has 1 aliphatic rings. The summed E-state index contributed by atoms with van der Waals surface area (Å²) in [6.45, 7) is 3.60. The molecular weight excluding hydrogens is 338 g/mol. The smallest absolute Gasteiger partial charge is 0.227 e. The predicted octanol–water partition coefficient (Wildman–Crippen LogP) is 1.74. The lowest BCUT2D eigenvalue weighted by Crippen LogP contribution is -2.41. The number of carbonyl (C=O) groups excluding carboxylic acids is 1. The molecule has 26 heavy (non-hydrogen) atoms. The van der Waals surface area contributed by atoms with Crippen molar-refractivity contribution in [1.82, 2.24) is 4.90 Å². The van der Waals surface area contributed by atoms with E-state index in [-0.39, 0.29) is 23.8 Å². The van der Waals surface area contributed by atoms with E-state index in [4.69, 9.17) is 9.15 Å². The van der Waals surface area contributed by atoms with Gasteiger partial charge in [-0.3, -0.25) is 9.59 Å². The Bertz CT molecular complexity index is 836. The zero-order chi connectivity index (χ0) is 18.7. The molecule has 0 radical (unpaired) electrons. The normalized spacial score (nSPS) is 15.7. The third kappa shape index (κ3) is 3.88. The number of carbonyl (C=O) groups is 1. The molecule has 1 fully saturated rings. The maximum Gasteiger partial charge on any atom is 0.227 e. The molecule has 2 N–H and O–H groups in total. The number of nitrogens with zero attached hydrogens (tertiary/aromatic N) is 1. The fraction of sp³-hybridized carbons (Fsp3) is 0.368. The summed E-state index contributed by atoms with van der Waals surface area (Å²) >= 11 is 0. The summed E-state index contributed by atoms with van der Waals surface area (Å²) in [5.41, 5.74) is 0.111. The highest BCUT2D eigenvalue weighted by atomic mass is 16.5. The van der Waals surface area contributed by atoms with Crippen LogP contribution in [0, 0.1) is 6.92 Å². The monoisotopic (exact) mass is 359 g/mol. The van der Waals surface area contributed by atoms with Gasteiger partial charge in [-0.25, -0.2) is 0 Å². The van der Waals surface area contributed by atoms with Gasteiger partial charge in [-0.1, -0.05) is 12.1 Å². The minimum Gasteiger partial charge on any atom is -0.508 e. The Morgan fingerprint density at radius 2 is 1.85 bits per heavy atom. The highest BCUT2D eigenvalue weighted by Crippen LogP contribution is 2.34. The second kappa shape index (κ2) is 7.61. The second-order valence-corrected chi connectivity index (χ2v) is 6.28. The number of ether oxygens (including phenoxy) is 1. The topological polar surface area (TPSA) is 100 Å². The molecule has 1 atom stereocenters. The Morgan fingerprint density at radius 1 is 1.19 bits per heavy atom. The molecule has 0 unspecified atom stereocenters. The fourth-order valence-corrected chi connectivity index (χ4v) is 3.05. The SMILES string of the molecule is Cc1cc(=O)c(O)c([C@H](CC(=O)N2CCOCC2)c2ccc(O)cc2)o1. The van der Waals surface area contributed by atoms with E-state index in [9.17, 15) is 19.8 Å². The molecule has 0 aliphatic carbocycles. The Hall–Kier alpha value is -2.80. The minimum absolute atomic E-state index is 0.0325. The highest BCUT2D eigenvalue weighted by molar-refractivity contribution is 5.78. The largest absolute Gasteiger partial charge is 0.508 e. The molecule has 2 aromatic rings. The molecule has 1 aromatic heterocycles. The summed E-state index contributed by atoms with van der Waals surface area (Å²) in [4.78, 5) is 26.4. The molecule has 7 heteroatoms. The lowest BCUT2D eigenvalue weighted by molar-refractivity contribution is -0.135. The number of amides is 1. The van der Waals surface area contributed by atoms with Gasteiger partial charge in [0.25, 0.3) is 0 Å². The summed E-state index contributed by atoms with van der Waals surface area (Å²) in [5, 5.41) is 19.8. The zero-order valence-electron chi connectivity index (χ0n) is 14.5. The molecule has 0 spiro atoms. The first kappa shape index (κ1) is 18.0. The van der Waals surface area contributed by atoms with Gasteiger partial charge in [0.05, 0.1) is 19.1 Å². The van der Waals surface area contributed by atoms with Crippen molar-refractivity contribution in [2.24, 2.45) is 0 Å². The van der Waals surface area contributed by atoms with Crippen molar-refractivity contribution < 1.29 is 24.2 Å². The molecule has 138 valence electrons. The average molecular weight is 359 g/mol. The van der Waals surface area contributed by atoms with Crippen molar-refractivity contribution in [2.75, 3.05) is 26.3 Å². The summed E-state index contributed by atoms with van der Waals surface area (Å²) < 4.78 is 10.9. The number of aromatic hydroxyl groups is 2. The first-order valence-corrected chi connectivity index (χ1v) is 8.43. The van der Waals surface area contributed by atoms with E-state index in [2.05, 4.69) is 0 Å². The van der Waals surface area contributed by atoms with Gasteiger partial charge in [0.2, 0.25) is 17.1 Å². The van der Waals surface area contributed by atoms with Crippen molar-refractivity contribution in [3.8, 4) is 11.5 Å². The molecule has 1 aliphatic heterocycles. The Morgan fingerprint density at radius 3 is 2.50 bits per heavy atom. The van der Waals surface area contributed by atoms with E-state index >= 15 is 0 Å². The van der Waals surface area contributed by atoms with Crippen molar-refractivity contribution in [3.63, 3.8) is 0 Å². The molecule has 1 saturated heterocycles. The Labute approximate surface area is 150 Å². The summed E-state index contributed by atoms with van der Waals surface area (Å²) in [6, 6.07) is 7.48. The van der Waals surface area contributed by atoms with Crippen LogP contribution in [-0.2, 0) is 9.53 Å². The van der Waals surface area contributed by atoms with Crippen LogP contribution in [0.25, 0.3) is 0 Å². The van der Waals surface area contributed by atoms with E-state index in [0.29, 0.717) is 37.6 Å². The van der Waals surface area contributed by atoms with Gasteiger partial charge in [0.15, 0.2) is 5.76 Å². The molecule has 0 bridgehead atoms. The van der Waals surface area contributed by atoms with Crippen LogP contribution in [0.1, 0.15) is 29.4 Å². The number of phenolic OH excluding ortho intramolecular Hbond substituents is 1. The number of morpholine rings is 1. The molecule has 3 rings (SSSR count). The lowest BCUT2D eigenvalue weighted by atomic mass is 9.91. The van der Waals surface area contributed by atoms with Crippen molar-refractivity contribution in [2.45, 2.75) is 19.3 Å². The molecule has 2 heterocycles. The summed E-state index contributed by atoms with van der Waals surface area (Å²) in [6.07, 6.45) is 0.0325. The number of rotatable bonds is 4. The average Bonchev–Trinajstić information content (AvgIpc) is 2.64. The zero-order valence-corrected chi connectivity index (χ0v) is 14.5. The molecular formula is C19H21NO6. The lowest BCUT2D eigenvalue weighted by Gasteiger charge is -2.28. The van der Waals surface area contributed by atoms with Gasteiger partial charge in [-0.05, 0) is 24.6 Å². The second-order valence-electron chi connectivity index (χ2n) is 6.28. The predicted molar refractivity (Wildman–Crippen MR) is 93.3 cm³/mol. The van der Waals surface area contributed by atoms with E-state index in [0.717, 1.165) is 0 Å². The van der Waals surface area contributed by atoms with Crippen LogP contribution in [-0.4, -0.2) is 47.3 Å². The van der Waals surface area contributed by atoms with Gasteiger partial charge in [-0.2, -0.15) is 0 Å². The number of phenols is 1. The number of benzene rings is 1. The van der Waals surface area contributed by atoms with Crippen LogP contribution >= 0.6 is 0 Å². The fourth-order valence-electron chi connectivity index (χ4n) is 3.05. The minimum atomic E-state index is -0.640. The molecule has 1 aromatic carbocycles. The Balaban J connectivity index is 1.98. The first-order valence-electron chi connectivity index (χ1n) is 8.43. The highest BCUT2D eigenvalue weighted by Gasteiger charge is 2.28. The number of aryl methyl sites for hydroxylation is 1. The van der Waals surface area contributed by atoms with E-state index in [1.54, 1.807) is 24.0 Å². The summed E-state index contributed by atoms with van der Waals surface area (Å²) in [7, 11) is 0. The third-order valence-electron chi connectivity index (χ3n) is 4.43. The van der Waals surface area contributed by atoms with Crippen LogP contribution in [0.15, 0.2) is 39.5 Å². The molecule has 0 saturated carbocycles. The number of hydrogen-bond donors (Lipinski definition) is 2. The first-order chi connectivity index (χ1) is 12.5. The van der Waals surface area contributed by atoms with Crippen molar-refractivity contribution in [3.05, 3.63) is 57.6 Å². The maximum absolute atomic E-state index is 12.7. The quantitative estimate of drug-likeness (QED) is 0.862. The number of hydrogen-bond acceptors (Lipinski definition) is 6. The van der Waals surface area contributed by atoms with Crippen LogP contribution in [0.3, 0.4) is 0 Å². The van der Waals surface area contributed by atoms with Gasteiger partial charge in [0, 0.05) is 25.6 Å². The van der Waals surface area contributed by atoms with Gasteiger partial charge >= 0.3 is 0 Å². The van der Waals surface area contributed by atoms with Crippen LogP contribution in [0.2, 0.25) is 0 Å². The van der Waals surface area contributed by atoms with Gasteiger partial charge in [0.1, 0.15) is 11.5 Å². The summed E-state index contributed by atoms with van der Waals surface area (Å²) in [5.74, 6) is -0.758. The van der Waals surface area contributed by atoms with Crippen molar-refractivity contribution in [1.29, 1.82) is 0 Å². The maximum atomic E-state index is 12.7. The third-order valence-corrected chi connectivity index (χ3v) is 4.43. The van der Waals surface area contributed by atoms with Crippen LogP contribution < -0.4 is 5.43 Å².